The Morgan fingerprint density at radius 2 is 2.06 bits per heavy atom. The molecule has 5 heteroatoms. The molecular weight excluding hydrogens is 250 g/mol. The molecule has 18 heavy (non-hydrogen) atoms. The van der Waals surface area contributed by atoms with Gasteiger partial charge < -0.3 is 5.11 Å². The maximum Gasteiger partial charge on any atom is 0.0863 e. The number of hydrogen-bond donors (Lipinski definition) is 1. The molecule has 0 bridgehead atoms. The molecule has 4 nitrogen and oxygen atoms in total. The molecule has 1 aromatic heterocycles. The van der Waals surface area contributed by atoms with Crippen molar-refractivity contribution in [1.29, 1.82) is 0 Å². The molecule has 0 aliphatic rings. The third-order valence-electron chi connectivity index (χ3n) is 3.16. The minimum absolute atomic E-state index is 0.163. The van der Waals surface area contributed by atoms with Crippen molar-refractivity contribution in [1.82, 2.24) is 14.7 Å². The van der Waals surface area contributed by atoms with E-state index in [-0.39, 0.29) is 6.61 Å². The topological polar surface area (TPSA) is 41.3 Å². The molecule has 0 radical (unpaired) electrons. The van der Waals surface area contributed by atoms with Crippen LogP contribution in [0.3, 0.4) is 0 Å². The summed E-state index contributed by atoms with van der Waals surface area (Å²) < 4.78 is 1.97. The van der Waals surface area contributed by atoms with E-state index in [2.05, 4.69) is 37.7 Å². The minimum atomic E-state index is 0.163. The molecular formula is C13H24ClN3O. The van der Waals surface area contributed by atoms with Crippen LogP contribution in [-0.4, -0.2) is 39.0 Å². The van der Waals surface area contributed by atoms with Crippen molar-refractivity contribution in [3.63, 3.8) is 0 Å². The monoisotopic (exact) mass is 273 g/mol. The van der Waals surface area contributed by atoms with E-state index in [1.54, 1.807) is 0 Å². The van der Waals surface area contributed by atoms with Crippen molar-refractivity contribution in [2.24, 2.45) is 0 Å². The molecule has 0 fully saturated rings. The van der Waals surface area contributed by atoms with Crippen molar-refractivity contribution >= 4 is 11.6 Å². The molecule has 1 aromatic rings. The van der Waals surface area contributed by atoms with Crippen LogP contribution in [0.5, 0.6) is 0 Å². The Hall–Kier alpha value is -0.580. The van der Waals surface area contributed by atoms with E-state index in [0.29, 0.717) is 12.6 Å². The molecule has 0 unspecified atom stereocenters. The average Bonchev–Trinajstić information content (AvgIpc) is 2.65. The third-order valence-corrected chi connectivity index (χ3v) is 3.60. The third kappa shape index (κ3) is 3.46. The van der Waals surface area contributed by atoms with Crippen molar-refractivity contribution in [2.45, 2.75) is 53.2 Å². The lowest BCUT2D eigenvalue weighted by Gasteiger charge is -2.25. The second-order valence-corrected chi connectivity index (χ2v) is 5.04. The molecule has 0 aliphatic carbocycles. The van der Waals surface area contributed by atoms with Gasteiger partial charge in [0.25, 0.3) is 0 Å². The molecule has 0 saturated carbocycles. The molecule has 1 N–H and O–H groups in total. The van der Waals surface area contributed by atoms with Crippen LogP contribution >= 0.6 is 11.6 Å². The van der Waals surface area contributed by atoms with E-state index in [4.69, 9.17) is 16.7 Å². The fraction of sp³-hybridized carbons (Fsp3) is 0.769. The summed E-state index contributed by atoms with van der Waals surface area (Å²) in [6.07, 6.45) is 0.848. The fourth-order valence-electron chi connectivity index (χ4n) is 2.01. The van der Waals surface area contributed by atoms with E-state index in [1.807, 2.05) is 4.68 Å². The first-order valence-corrected chi connectivity index (χ1v) is 7.01. The standard InChI is InChI=1S/C13H24ClN3O/c1-5-11-13(14)12(17(6-2)15-11)9-16(7-8-18)10(3)4/h10,18H,5-9H2,1-4H3. The predicted octanol–water partition coefficient (Wildman–Crippen LogP) is 2.32. The number of nitrogens with zero attached hydrogens (tertiary/aromatic N) is 3. The highest BCUT2D eigenvalue weighted by Crippen LogP contribution is 2.23. The first-order valence-electron chi connectivity index (χ1n) is 6.64. The summed E-state index contributed by atoms with van der Waals surface area (Å²) >= 11 is 6.38. The van der Waals surface area contributed by atoms with Gasteiger partial charge in [0.15, 0.2) is 0 Å². The largest absolute Gasteiger partial charge is 0.395 e. The van der Waals surface area contributed by atoms with Gasteiger partial charge in [-0.15, -0.1) is 0 Å². The average molecular weight is 274 g/mol. The van der Waals surface area contributed by atoms with Crippen LogP contribution in [0.1, 0.15) is 39.1 Å². The number of halogens is 1. The summed E-state index contributed by atoms with van der Waals surface area (Å²) in [5, 5.41) is 14.4. The second kappa shape index (κ2) is 7.12. The Labute approximate surface area is 115 Å². The van der Waals surface area contributed by atoms with Crippen LogP contribution in [0.15, 0.2) is 0 Å². The maximum atomic E-state index is 9.11. The minimum Gasteiger partial charge on any atom is -0.395 e. The van der Waals surface area contributed by atoms with Gasteiger partial charge in [-0.3, -0.25) is 9.58 Å². The van der Waals surface area contributed by atoms with E-state index in [1.165, 1.54) is 0 Å². The van der Waals surface area contributed by atoms with Gasteiger partial charge >= 0.3 is 0 Å². The van der Waals surface area contributed by atoms with Crippen molar-refractivity contribution in [3.05, 3.63) is 16.4 Å². The van der Waals surface area contributed by atoms with Crippen LogP contribution < -0.4 is 0 Å². The highest BCUT2D eigenvalue weighted by molar-refractivity contribution is 6.31. The summed E-state index contributed by atoms with van der Waals surface area (Å²) in [4.78, 5) is 2.20. The van der Waals surface area contributed by atoms with Crippen molar-refractivity contribution in [3.8, 4) is 0 Å². The Balaban J connectivity index is 2.96. The number of aryl methyl sites for hydroxylation is 2. The highest BCUT2D eigenvalue weighted by Gasteiger charge is 2.18. The normalized spacial score (nSPS) is 11.8. The Bertz CT molecular complexity index is 377. The molecule has 0 atom stereocenters. The van der Waals surface area contributed by atoms with Crippen molar-refractivity contribution < 1.29 is 5.11 Å². The fourth-order valence-corrected chi connectivity index (χ4v) is 2.34. The molecule has 0 aliphatic heterocycles. The molecule has 0 amide bonds. The molecule has 0 aromatic carbocycles. The number of aliphatic hydroxyl groups excluding tert-OH is 1. The molecule has 0 saturated heterocycles. The van der Waals surface area contributed by atoms with E-state index >= 15 is 0 Å². The number of aromatic nitrogens is 2. The van der Waals surface area contributed by atoms with Crippen molar-refractivity contribution in [2.75, 3.05) is 13.2 Å². The second-order valence-electron chi connectivity index (χ2n) is 4.66. The number of rotatable bonds is 7. The Morgan fingerprint density at radius 3 is 2.50 bits per heavy atom. The smallest absolute Gasteiger partial charge is 0.0863 e. The predicted molar refractivity (Wildman–Crippen MR) is 74.9 cm³/mol. The van der Waals surface area contributed by atoms with E-state index < -0.39 is 0 Å². The number of hydrogen-bond acceptors (Lipinski definition) is 3. The molecule has 0 spiro atoms. The van der Waals surface area contributed by atoms with Gasteiger partial charge in [0.2, 0.25) is 0 Å². The Kier molecular flexibility index (Phi) is 6.12. The SMILES string of the molecule is CCc1nn(CC)c(CN(CCO)C(C)C)c1Cl. The maximum absolute atomic E-state index is 9.11. The zero-order chi connectivity index (χ0) is 13.7. The van der Waals surface area contributed by atoms with Gasteiger partial charge in [0, 0.05) is 25.7 Å². The lowest BCUT2D eigenvalue weighted by molar-refractivity contribution is 0.156. The summed E-state index contributed by atoms with van der Waals surface area (Å²) in [5.74, 6) is 0. The summed E-state index contributed by atoms with van der Waals surface area (Å²) in [6, 6.07) is 0.374. The van der Waals surface area contributed by atoms with Gasteiger partial charge in [-0.1, -0.05) is 18.5 Å². The van der Waals surface area contributed by atoms with Gasteiger partial charge in [0.05, 0.1) is 23.0 Å². The summed E-state index contributed by atoms with van der Waals surface area (Å²) in [7, 11) is 0. The van der Waals surface area contributed by atoms with Crippen LogP contribution in [0.25, 0.3) is 0 Å². The van der Waals surface area contributed by atoms with Crippen LogP contribution in [0, 0.1) is 0 Å². The van der Waals surface area contributed by atoms with E-state index in [9.17, 15) is 0 Å². The van der Waals surface area contributed by atoms with Gasteiger partial charge in [-0.2, -0.15) is 5.10 Å². The summed E-state index contributed by atoms with van der Waals surface area (Å²) in [5.41, 5.74) is 2.01. The van der Waals surface area contributed by atoms with Crippen LogP contribution in [0.4, 0.5) is 0 Å². The van der Waals surface area contributed by atoms with Crippen LogP contribution in [0.2, 0.25) is 5.02 Å². The Morgan fingerprint density at radius 1 is 1.39 bits per heavy atom. The van der Waals surface area contributed by atoms with Gasteiger partial charge in [-0.25, -0.2) is 0 Å². The van der Waals surface area contributed by atoms with E-state index in [0.717, 1.165) is 35.9 Å². The highest BCUT2D eigenvalue weighted by atomic mass is 35.5. The van der Waals surface area contributed by atoms with Gasteiger partial charge in [0.1, 0.15) is 0 Å². The molecule has 1 rings (SSSR count). The quantitative estimate of drug-likeness (QED) is 0.829. The first-order chi connectivity index (χ1) is 8.54. The van der Waals surface area contributed by atoms with Crippen LogP contribution in [-0.2, 0) is 19.5 Å². The molecule has 104 valence electrons. The molecule has 1 heterocycles. The summed E-state index contributed by atoms with van der Waals surface area (Å²) in [6.45, 7) is 10.7. The zero-order valence-electron chi connectivity index (χ0n) is 11.8. The lowest BCUT2D eigenvalue weighted by atomic mass is 10.2. The lowest BCUT2D eigenvalue weighted by Crippen LogP contribution is -2.33. The van der Waals surface area contributed by atoms with Gasteiger partial charge in [-0.05, 0) is 27.2 Å². The number of aliphatic hydroxyl groups is 1. The zero-order valence-corrected chi connectivity index (χ0v) is 12.5. The first kappa shape index (κ1) is 15.5.